The van der Waals surface area contributed by atoms with Gasteiger partial charge in [0.1, 0.15) is 0 Å². The molecule has 1 aliphatic rings. The molecule has 0 spiro atoms. The lowest BCUT2D eigenvalue weighted by atomic mass is 9.94. The highest BCUT2D eigenvalue weighted by molar-refractivity contribution is 5.66. The quantitative estimate of drug-likeness (QED) is 0.686. The van der Waals surface area contributed by atoms with E-state index in [2.05, 4.69) is 12.2 Å². The maximum absolute atomic E-state index is 10.5. The van der Waals surface area contributed by atoms with E-state index < -0.39 is 5.97 Å². The maximum atomic E-state index is 10.5. The Labute approximate surface area is 105 Å². The van der Waals surface area contributed by atoms with Crippen LogP contribution in [0.25, 0.3) is 0 Å². The first-order chi connectivity index (χ1) is 8.22. The summed E-state index contributed by atoms with van der Waals surface area (Å²) < 4.78 is 0. The Morgan fingerprint density at radius 2 is 2.00 bits per heavy atom. The molecule has 0 aromatic heterocycles. The highest BCUT2D eigenvalue weighted by atomic mass is 16.4. The van der Waals surface area contributed by atoms with E-state index in [0.29, 0.717) is 12.3 Å². The zero-order valence-electron chi connectivity index (χ0n) is 11.1. The summed E-state index contributed by atoms with van der Waals surface area (Å²) >= 11 is 0. The molecule has 0 saturated heterocycles. The van der Waals surface area contributed by atoms with Gasteiger partial charge in [-0.3, -0.25) is 4.79 Å². The van der Waals surface area contributed by atoms with E-state index >= 15 is 0 Å². The van der Waals surface area contributed by atoms with Crippen LogP contribution < -0.4 is 5.32 Å². The third kappa shape index (κ3) is 6.67. The van der Waals surface area contributed by atoms with Gasteiger partial charge in [-0.2, -0.15) is 0 Å². The Morgan fingerprint density at radius 3 is 2.59 bits per heavy atom. The molecule has 100 valence electrons. The number of rotatable bonds is 8. The van der Waals surface area contributed by atoms with E-state index in [-0.39, 0.29) is 0 Å². The molecule has 3 nitrogen and oxygen atoms in total. The summed E-state index contributed by atoms with van der Waals surface area (Å²) in [6.07, 6.45) is 10.2. The highest BCUT2D eigenvalue weighted by Gasteiger charge is 2.13. The molecule has 1 fully saturated rings. The largest absolute Gasteiger partial charge is 0.481 e. The molecule has 0 aromatic rings. The van der Waals surface area contributed by atoms with Crippen molar-refractivity contribution in [1.29, 1.82) is 0 Å². The van der Waals surface area contributed by atoms with Crippen molar-refractivity contribution in [2.24, 2.45) is 5.92 Å². The van der Waals surface area contributed by atoms with Gasteiger partial charge in [-0.1, -0.05) is 32.6 Å². The minimum Gasteiger partial charge on any atom is -0.481 e. The number of carbonyl (C=O) groups is 1. The van der Waals surface area contributed by atoms with Crippen molar-refractivity contribution < 1.29 is 9.90 Å². The van der Waals surface area contributed by atoms with Gasteiger partial charge in [0.25, 0.3) is 0 Å². The van der Waals surface area contributed by atoms with Gasteiger partial charge in [-0.15, -0.1) is 0 Å². The van der Waals surface area contributed by atoms with Crippen LogP contribution >= 0.6 is 0 Å². The fourth-order valence-electron chi connectivity index (χ4n) is 2.68. The molecule has 1 rings (SSSR count). The molecule has 1 aliphatic carbocycles. The summed E-state index contributed by atoms with van der Waals surface area (Å²) in [6.45, 7) is 3.22. The summed E-state index contributed by atoms with van der Waals surface area (Å²) in [7, 11) is 0. The van der Waals surface area contributed by atoms with Gasteiger partial charge in [0, 0.05) is 12.5 Å². The van der Waals surface area contributed by atoms with Crippen molar-refractivity contribution in [2.75, 3.05) is 6.54 Å². The molecule has 0 heterocycles. The zero-order valence-corrected chi connectivity index (χ0v) is 11.1. The van der Waals surface area contributed by atoms with Crippen LogP contribution in [0.5, 0.6) is 0 Å². The fraction of sp³-hybridized carbons (Fsp3) is 0.929. The van der Waals surface area contributed by atoms with E-state index in [1.807, 2.05) is 0 Å². The molecule has 1 unspecified atom stereocenters. The van der Waals surface area contributed by atoms with E-state index in [1.54, 1.807) is 0 Å². The molecule has 2 N–H and O–H groups in total. The predicted octanol–water partition coefficient (Wildman–Crippen LogP) is 3.19. The van der Waals surface area contributed by atoms with Crippen LogP contribution in [0.2, 0.25) is 0 Å². The van der Waals surface area contributed by atoms with Crippen molar-refractivity contribution in [3.8, 4) is 0 Å². The number of carboxylic acid groups (broad SMARTS) is 1. The number of carboxylic acids is 1. The number of nitrogens with one attached hydrogen (secondary N) is 1. The highest BCUT2D eigenvalue weighted by Crippen LogP contribution is 2.18. The van der Waals surface area contributed by atoms with Gasteiger partial charge < -0.3 is 10.4 Å². The monoisotopic (exact) mass is 241 g/mol. The van der Waals surface area contributed by atoms with Crippen molar-refractivity contribution >= 4 is 5.97 Å². The lowest BCUT2D eigenvalue weighted by Crippen LogP contribution is -2.32. The van der Waals surface area contributed by atoms with Gasteiger partial charge in [-0.05, 0) is 38.1 Å². The summed E-state index contributed by atoms with van der Waals surface area (Å²) in [5.74, 6) is -0.0918. The molecule has 17 heavy (non-hydrogen) atoms. The van der Waals surface area contributed by atoms with Crippen LogP contribution in [0.3, 0.4) is 0 Å². The standard InChI is InChI=1S/C14H27NO2/c1-2-12(8-9-14(16)17)10-11-15-13-6-4-3-5-7-13/h12-13,15H,2-11H2,1H3,(H,16,17). The average Bonchev–Trinajstić information content (AvgIpc) is 2.34. The second kappa shape index (κ2) is 8.51. The minimum atomic E-state index is -0.663. The molecular weight excluding hydrogens is 214 g/mol. The van der Waals surface area contributed by atoms with E-state index in [0.717, 1.165) is 31.8 Å². The SMILES string of the molecule is CCC(CCNC1CCCCC1)CCC(=O)O. The predicted molar refractivity (Wildman–Crippen MR) is 70.1 cm³/mol. The zero-order chi connectivity index (χ0) is 12.5. The summed E-state index contributed by atoms with van der Waals surface area (Å²) in [4.78, 5) is 10.5. The molecule has 0 radical (unpaired) electrons. The van der Waals surface area contributed by atoms with E-state index in [4.69, 9.17) is 5.11 Å². The molecule has 0 aromatic carbocycles. The molecule has 0 bridgehead atoms. The van der Waals surface area contributed by atoms with E-state index in [9.17, 15) is 4.79 Å². The topological polar surface area (TPSA) is 49.3 Å². The van der Waals surface area contributed by atoms with Gasteiger partial charge in [0.2, 0.25) is 0 Å². The first-order valence-electron chi connectivity index (χ1n) is 7.17. The Balaban J connectivity index is 2.07. The van der Waals surface area contributed by atoms with Crippen LogP contribution in [0.1, 0.15) is 64.7 Å². The van der Waals surface area contributed by atoms with Gasteiger partial charge in [-0.25, -0.2) is 0 Å². The lowest BCUT2D eigenvalue weighted by molar-refractivity contribution is -0.137. The van der Waals surface area contributed by atoms with Crippen molar-refractivity contribution in [2.45, 2.75) is 70.8 Å². The summed E-state index contributed by atoms with van der Waals surface area (Å²) in [5.41, 5.74) is 0. The van der Waals surface area contributed by atoms with Crippen LogP contribution in [0, 0.1) is 5.92 Å². The Morgan fingerprint density at radius 1 is 1.29 bits per heavy atom. The summed E-state index contributed by atoms with van der Waals surface area (Å²) in [5, 5.41) is 12.3. The van der Waals surface area contributed by atoms with Gasteiger partial charge >= 0.3 is 5.97 Å². The van der Waals surface area contributed by atoms with Crippen LogP contribution in [0.15, 0.2) is 0 Å². The molecular formula is C14H27NO2. The third-order valence-electron chi connectivity index (χ3n) is 3.93. The Bertz CT molecular complexity index is 212. The minimum absolute atomic E-state index is 0.321. The molecule has 1 saturated carbocycles. The molecule has 3 heteroatoms. The van der Waals surface area contributed by atoms with Crippen LogP contribution in [0.4, 0.5) is 0 Å². The Kier molecular flexibility index (Phi) is 7.25. The van der Waals surface area contributed by atoms with Crippen molar-refractivity contribution in [3.63, 3.8) is 0 Å². The van der Waals surface area contributed by atoms with Crippen LogP contribution in [-0.2, 0) is 4.79 Å². The molecule has 0 aliphatic heterocycles. The van der Waals surface area contributed by atoms with Crippen molar-refractivity contribution in [3.05, 3.63) is 0 Å². The first kappa shape index (κ1) is 14.5. The first-order valence-corrected chi connectivity index (χ1v) is 7.17. The molecule has 0 amide bonds. The average molecular weight is 241 g/mol. The normalized spacial score (nSPS) is 19.1. The third-order valence-corrected chi connectivity index (χ3v) is 3.93. The number of aliphatic carboxylic acids is 1. The van der Waals surface area contributed by atoms with Gasteiger partial charge in [0.15, 0.2) is 0 Å². The fourth-order valence-corrected chi connectivity index (χ4v) is 2.68. The lowest BCUT2D eigenvalue weighted by Gasteiger charge is -2.24. The van der Waals surface area contributed by atoms with Crippen LogP contribution in [-0.4, -0.2) is 23.7 Å². The smallest absolute Gasteiger partial charge is 0.303 e. The van der Waals surface area contributed by atoms with Gasteiger partial charge in [0.05, 0.1) is 0 Å². The maximum Gasteiger partial charge on any atom is 0.303 e. The van der Waals surface area contributed by atoms with E-state index in [1.165, 1.54) is 32.1 Å². The van der Waals surface area contributed by atoms with Crippen molar-refractivity contribution in [1.82, 2.24) is 5.32 Å². The Hall–Kier alpha value is -0.570. The molecule has 1 atom stereocenters. The number of hydrogen-bond donors (Lipinski definition) is 2. The number of hydrogen-bond acceptors (Lipinski definition) is 2. The second-order valence-electron chi connectivity index (χ2n) is 5.28. The second-order valence-corrected chi connectivity index (χ2v) is 5.28. The summed E-state index contributed by atoms with van der Waals surface area (Å²) in [6, 6.07) is 0.723.